The lowest BCUT2D eigenvalue weighted by Crippen LogP contribution is -1.92. The number of aliphatic hydroxyl groups excluding tert-OH is 1. The molecule has 0 saturated carbocycles. The van der Waals surface area contributed by atoms with Crippen molar-refractivity contribution in [1.29, 1.82) is 0 Å². The molecule has 0 aliphatic rings. The number of aliphatic hydroxyl groups is 1. The van der Waals surface area contributed by atoms with Gasteiger partial charge in [0.1, 0.15) is 10.4 Å². The first-order chi connectivity index (χ1) is 8.15. The maximum atomic E-state index is 10.3. The normalized spacial score (nSPS) is 13.4. The van der Waals surface area contributed by atoms with Gasteiger partial charge in [-0.3, -0.25) is 0 Å². The maximum absolute atomic E-state index is 10.3. The van der Waals surface area contributed by atoms with Crippen LogP contribution in [0.15, 0.2) is 28.1 Å². The second-order valence-corrected chi connectivity index (χ2v) is 8.07. The van der Waals surface area contributed by atoms with Gasteiger partial charge < -0.3 is 5.11 Å². The Hall–Kier alpha value is 0.0900. The van der Waals surface area contributed by atoms with E-state index < -0.39 is 6.10 Å². The van der Waals surface area contributed by atoms with Gasteiger partial charge in [-0.25, -0.2) is 0 Å². The molecule has 0 aromatic carbocycles. The smallest absolute Gasteiger partial charge is 0.122 e. The molecule has 0 amide bonds. The lowest BCUT2D eigenvalue weighted by Gasteiger charge is -2.04. The molecule has 88 valence electrons. The van der Waals surface area contributed by atoms with Crippen LogP contribution >= 0.6 is 61.5 Å². The third kappa shape index (κ3) is 2.20. The number of hydrogen-bond donors (Lipinski definition) is 1. The molecule has 0 fully saturated rings. The van der Waals surface area contributed by atoms with E-state index in [1.165, 1.54) is 20.7 Å². The predicted octanol–water partition coefficient (Wildman–Crippen LogP) is 5.52. The van der Waals surface area contributed by atoms with Crippen LogP contribution in [0, 0.1) is 0 Å². The Labute approximate surface area is 123 Å². The predicted molar refractivity (Wildman–Crippen MR) is 80.8 cm³/mol. The summed E-state index contributed by atoms with van der Waals surface area (Å²) in [5.41, 5.74) is 0. The summed E-state index contributed by atoms with van der Waals surface area (Å²) >= 11 is 14.1. The Bertz CT molecular complexity index is 621. The van der Waals surface area contributed by atoms with Crippen molar-refractivity contribution in [3.8, 4) is 0 Å². The molecular formula is C11H6BrClOS3. The van der Waals surface area contributed by atoms with E-state index in [1.54, 1.807) is 22.7 Å². The van der Waals surface area contributed by atoms with Crippen LogP contribution in [0.4, 0.5) is 0 Å². The summed E-state index contributed by atoms with van der Waals surface area (Å²) in [7, 11) is 0. The molecule has 1 atom stereocenters. The summed E-state index contributed by atoms with van der Waals surface area (Å²) in [6.07, 6.45) is -0.576. The number of halogens is 2. The second-order valence-electron chi connectivity index (χ2n) is 3.47. The molecule has 1 nitrogen and oxygen atoms in total. The van der Waals surface area contributed by atoms with Crippen molar-refractivity contribution in [2.45, 2.75) is 6.10 Å². The Morgan fingerprint density at radius 3 is 2.59 bits per heavy atom. The summed E-state index contributed by atoms with van der Waals surface area (Å²) in [4.78, 5) is 1.84. The third-order valence-corrected chi connectivity index (χ3v) is 7.03. The van der Waals surface area contributed by atoms with Crippen molar-refractivity contribution in [3.05, 3.63) is 42.1 Å². The molecule has 0 aliphatic heterocycles. The van der Waals surface area contributed by atoms with Gasteiger partial charge in [0.25, 0.3) is 0 Å². The number of thiophene rings is 3. The fourth-order valence-corrected chi connectivity index (χ4v) is 5.50. The van der Waals surface area contributed by atoms with E-state index in [4.69, 9.17) is 11.6 Å². The Morgan fingerprint density at radius 2 is 1.94 bits per heavy atom. The Morgan fingerprint density at radius 1 is 1.18 bits per heavy atom. The van der Waals surface area contributed by atoms with Crippen molar-refractivity contribution in [2.24, 2.45) is 0 Å². The van der Waals surface area contributed by atoms with Gasteiger partial charge in [0.2, 0.25) is 0 Å². The molecule has 1 unspecified atom stereocenters. The molecule has 6 heteroatoms. The van der Waals surface area contributed by atoms with Gasteiger partial charge in [0.05, 0.1) is 0 Å². The maximum Gasteiger partial charge on any atom is 0.122 e. The summed E-state index contributed by atoms with van der Waals surface area (Å²) in [5, 5.41) is 12.4. The average Bonchev–Trinajstić information content (AvgIpc) is 2.92. The van der Waals surface area contributed by atoms with Gasteiger partial charge in [-0.1, -0.05) is 11.6 Å². The summed E-state index contributed by atoms with van der Waals surface area (Å²) in [5.74, 6) is 0. The molecular weight excluding hydrogens is 360 g/mol. The third-order valence-electron chi connectivity index (χ3n) is 2.36. The summed E-state index contributed by atoms with van der Waals surface area (Å²) in [6, 6.07) is 6.01. The lowest BCUT2D eigenvalue weighted by atomic mass is 10.2. The molecule has 3 aromatic rings. The largest absolute Gasteiger partial charge is 0.382 e. The van der Waals surface area contributed by atoms with E-state index >= 15 is 0 Å². The van der Waals surface area contributed by atoms with Crippen LogP contribution < -0.4 is 0 Å². The number of fused-ring (bicyclic) bond motifs is 1. The molecule has 3 rings (SSSR count). The summed E-state index contributed by atoms with van der Waals surface area (Å²) < 4.78 is 3.98. The second kappa shape index (κ2) is 4.64. The van der Waals surface area contributed by atoms with Gasteiger partial charge >= 0.3 is 0 Å². The van der Waals surface area contributed by atoms with Crippen molar-refractivity contribution >= 4 is 70.9 Å². The Kier molecular flexibility index (Phi) is 3.32. The topological polar surface area (TPSA) is 20.2 Å². The van der Waals surface area contributed by atoms with Crippen LogP contribution in [-0.4, -0.2) is 5.11 Å². The molecule has 17 heavy (non-hydrogen) atoms. The van der Waals surface area contributed by atoms with Crippen LogP contribution in [0.1, 0.15) is 15.9 Å². The standard InChI is InChI=1S/C11H6BrClOS3/c12-5-3-8(17-11(5)13)10(14)9-4-7-6(16-9)1-2-15-7/h1-4,10,14H. The molecule has 3 heterocycles. The molecule has 0 radical (unpaired) electrons. The zero-order valence-corrected chi connectivity index (χ0v) is 13.1. The van der Waals surface area contributed by atoms with Crippen molar-refractivity contribution in [2.75, 3.05) is 0 Å². The van der Waals surface area contributed by atoms with Crippen LogP contribution in [0.3, 0.4) is 0 Å². The van der Waals surface area contributed by atoms with Crippen molar-refractivity contribution in [3.63, 3.8) is 0 Å². The molecule has 0 saturated heterocycles. The first kappa shape index (κ1) is 12.1. The van der Waals surface area contributed by atoms with E-state index in [0.717, 1.165) is 14.2 Å². The summed E-state index contributed by atoms with van der Waals surface area (Å²) in [6.45, 7) is 0. The van der Waals surface area contributed by atoms with E-state index in [2.05, 4.69) is 33.4 Å². The molecule has 0 bridgehead atoms. The SMILES string of the molecule is OC(c1cc(Br)c(Cl)s1)c1cc2sccc2s1. The highest BCUT2D eigenvalue weighted by Gasteiger charge is 2.17. The van der Waals surface area contributed by atoms with Gasteiger partial charge in [0, 0.05) is 23.6 Å². The zero-order valence-electron chi connectivity index (χ0n) is 8.31. The highest BCUT2D eigenvalue weighted by Crippen LogP contribution is 2.41. The van der Waals surface area contributed by atoms with Crippen molar-refractivity contribution < 1.29 is 5.11 Å². The van der Waals surface area contributed by atoms with Crippen molar-refractivity contribution in [1.82, 2.24) is 0 Å². The number of hydrogen-bond acceptors (Lipinski definition) is 4. The minimum Gasteiger partial charge on any atom is -0.382 e. The minimum atomic E-state index is -0.576. The Balaban J connectivity index is 2.01. The quantitative estimate of drug-likeness (QED) is 0.633. The van der Waals surface area contributed by atoms with Crippen LogP contribution in [0.2, 0.25) is 4.34 Å². The molecule has 0 spiro atoms. The van der Waals surface area contributed by atoms with Gasteiger partial charge in [-0.15, -0.1) is 34.0 Å². The van der Waals surface area contributed by atoms with E-state index in [1.807, 2.05) is 6.07 Å². The minimum absolute atomic E-state index is 0.576. The van der Waals surface area contributed by atoms with Gasteiger partial charge in [0.15, 0.2) is 0 Å². The first-order valence-electron chi connectivity index (χ1n) is 4.75. The first-order valence-corrected chi connectivity index (χ1v) is 8.43. The molecule has 0 aliphatic carbocycles. The molecule has 3 aromatic heterocycles. The highest BCUT2D eigenvalue weighted by molar-refractivity contribution is 9.10. The fraction of sp³-hybridized carbons (Fsp3) is 0.0909. The van der Waals surface area contributed by atoms with Gasteiger partial charge in [-0.2, -0.15) is 0 Å². The van der Waals surface area contributed by atoms with Crippen LogP contribution in [0.5, 0.6) is 0 Å². The lowest BCUT2D eigenvalue weighted by molar-refractivity contribution is 0.228. The van der Waals surface area contributed by atoms with E-state index in [9.17, 15) is 5.11 Å². The van der Waals surface area contributed by atoms with E-state index in [-0.39, 0.29) is 0 Å². The molecule has 1 N–H and O–H groups in total. The zero-order chi connectivity index (χ0) is 12.0. The van der Waals surface area contributed by atoms with Crippen LogP contribution in [-0.2, 0) is 0 Å². The van der Waals surface area contributed by atoms with Gasteiger partial charge in [-0.05, 0) is 39.5 Å². The highest BCUT2D eigenvalue weighted by atomic mass is 79.9. The monoisotopic (exact) mass is 364 g/mol. The number of rotatable bonds is 2. The fourth-order valence-electron chi connectivity index (χ4n) is 1.56. The van der Waals surface area contributed by atoms with Crippen LogP contribution in [0.25, 0.3) is 9.40 Å². The average molecular weight is 366 g/mol. The van der Waals surface area contributed by atoms with E-state index in [0.29, 0.717) is 4.34 Å².